The van der Waals surface area contributed by atoms with Gasteiger partial charge in [0, 0.05) is 0 Å². The third-order valence-electron chi connectivity index (χ3n) is 2.89. The zero-order chi connectivity index (χ0) is 12.7. The molecule has 0 atom stereocenters. The van der Waals surface area contributed by atoms with Crippen molar-refractivity contribution in [1.82, 2.24) is 9.97 Å². The van der Waals surface area contributed by atoms with Crippen LogP contribution in [0.1, 0.15) is 5.56 Å². The minimum Gasteiger partial charge on any atom is -0.338 e. The van der Waals surface area contributed by atoms with Crippen molar-refractivity contribution in [2.24, 2.45) is 0 Å². The lowest BCUT2D eigenvalue weighted by atomic mass is 10.1. The van der Waals surface area contributed by atoms with Crippen LogP contribution in [0, 0.1) is 18.6 Å². The smallest absolute Gasteiger partial charge is 0.141 e. The molecule has 2 aromatic carbocycles. The first-order chi connectivity index (χ1) is 8.65. The molecule has 90 valence electrons. The highest BCUT2D eigenvalue weighted by molar-refractivity contribution is 5.79. The highest BCUT2D eigenvalue weighted by Gasteiger charge is 2.11. The Morgan fingerprint density at radius 2 is 1.94 bits per heavy atom. The number of benzene rings is 2. The number of aromatic amines is 1. The van der Waals surface area contributed by atoms with Crippen LogP contribution >= 0.6 is 0 Å². The number of nitrogens with one attached hydrogen (secondary N) is 1. The molecule has 0 aliphatic carbocycles. The van der Waals surface area contributed by atoms with Gasteiger partial charge in [0.1, 0.15) is 17.5 Å². The van der Waals surface area contributed by atoms with Crippen molar-refractivity contribution >= 4 is 11.0 Å². The van der Waals surface area contributed by atoms with Gasteiger partial charge in [-0.3, -0.25) is 0 Å². The van der Waals surface area contributed by atoms with Crippen molar-refractivity contribution in [2.75, 3.05) is 0 Å². The molecule has 0 saturated carbocycles. The molecule has 1 N–H and O–H groups in total. The quantitative estimate of drug-likeness (QED) is 0.692. The molecule has 4 heteroatoms. The standard InChI is InChI=1S/C14H10F2N2/c1-8-3-2-4-10(13(8)16)14-17-11-6-5-9(15)7-12(11)18-14/h2-7H,1H3,(H,17,18). The molecule has 1 aromatic heterocycles. The molecule has 0 radical (unpaired) electrons. The number of halogens is 2. The second-order valence-electron chi connectivity index (χ2n) is 4.18. The van der Waals surface area contributed by atoms with E-state index >= 15 is 0 Å². The zero-order valence-corrected chi connectivity index (χ0v) is 9.67. The van der Waals surface area contributed by atoms with Crippen LogP contribution in [0.4, 0.5) is 8.78 Å². The van der Waals surface area contributed by atoms with E-state index < -0.39 is 0 Å². The number of H-pyrrole nitrogens is 1. The predicted octanol–water partition coefficient (Wildman–Crippen LogP) is 3.82. The lowest BCUT2D eigenvalue weighted by molar-refractivity contribution is 0.621. The van der Waals surface area contributed by atoms with Crippen LogP contribution in [0.3, 0.4) is 0 Å². The SMILES string of the molecule is Cc1cccc(-c2nc3ccc(F)cc3[nH]2)c1F. The molecule has 3 rings (SSSR count). The van der Waals surface area contributed by atoms with Crippen molar-refractivity contribution in [3.05, 3.63) is 53.6 Å². The van der Waals surface area contributed by atoms with E-state index in [0.29, 0.717) is 28.0 Å². The van der Waals surface area contributed by atoms with Gasteiger partial charge in [-0.15, -0.1) is 0 Å². The molecule has 3 aromatic rings. The second-order valence-corrected chi connectivity index (χ2v) is 4.18. The first kappa shape index (κ1) is 10.9. The highest BCUT2D eigenvalue weighted by atomic mass is 19.1. The molecule has 2 nitrogen and oxygen atoms in total. The fraction of sp³-hybridized carbons (Fsp3) is 0.0714. The van der Waals surface area contributed by atoms with Crippen molar-refractivity contribution in [1.29, 1.82) is 0 Å². The van der Waals surface area contributed by atoms with Crippen molar-refractivity contribution in [3.63, 3.8) is 0 Å². The first-order valence-electron chi connectivity index (χ1n) is 5.56. The summed E-state index contributed by atoms with van der Waals surface area (Å²) in [5.74, 6) is -0.240. The van der Waals surface area contributed by atoms with Gasteiger partial charge in [0.25, 0.3) is 0 Å². The van der Waals surface area contributed by atoms with Crippen LogP contribution in [0.5, 0.6) is 0 Å². The molecule has 0 fully saturated rings. The molecule has 0 bridgehead atoms. The maximum absolute atomic E-state index is 14.0. The van der Waals surface area contributed by atoms with E-state index in [1.165, 1.54) is 12.1 Å². The molecule has 0 aliphatic rings. The lowest BCUT2D eigenvalue weighted by Gasteiger charge is -2.01. The maximum atomic E-state index is 14.0. The monoisotopic (exact) mass is 244 g/mol. The third kappa shape index (κ3) is 1.66. The summed E-state index contributed by atoms with van der Waals surface area (Å²) in [7, 11) is 0. The van der Waals surface area contributed by atoms with E-state index in [1.807, 2.05) is 0 Å². The summed E-state index contributed by atoms with van der Waals surface area (Å²) in [6.45, 7) is 1.70. The number of hydrogen-bond donors (Lipinski definition) is 1. The van der Waals surface area contributed by atoms with Crippen molar-refractivity contribution < 1.29 is 8.78 Å². The predicted molar refractivity (Wildman–Crippen MR) is 66.2 cm³/mol. The zero-order valence-electron chi connectivity index (χ0n) is 9.67. The molecule has 0 aliphatic heterocycles. The highest BCUT2D eigenvalue weighted by Crippen LogP contribution is 2.24. The summed E-state index contributed by atoms with van der Waals surface area (Å²) < 4.78 is 27.0. The Kier molecular flexibility index (Phi) is 2.37. The molecular weight excluding hydrogens is 234 g/mol. The van der Waals surface area contributed by atoms with E-state index in [1.54, 1.807) is 31.2 Å². The van der Waals surface area contributed by atoms with Crippen LogP contribution in [-0.2, 0) is 0 Å². The Hall–Kier alpha value is -2.23. The van der Waals surface area contributed by atoms with E-state index in [2.05, 4.69) is 9.97 Å². The summed E-state index contributed by atoms with van der Waals surface area (Å²) in [5.41, 5.74) is 2.13. The van der Waals surface area contributed by atoms with Gasteiger partial charge in [-0.05, 0) is 36.8 Å². The van der Waals surface area contributed by atoms with Crippen LogP contribution < -0.4 is 0 Å². The van der Waals surface area contributed by atoms with Gasteiger partial charge in [0.2, 0.25) is 0 Å². The van der Waals surface area contributed by atoms with Crippen LogP contribution in [-0.4, -0.2) is 9.97 Å². The van der Waals surface area contributed by atoms with Gasteiger partial charge in [-0.1, -0.05) is 12.1 Å². The van der Waals surface area contributed by atoms with E-state index in [0.717, 1.165) is 0 Å². The Morgan fingerprint density at radius 1 is 1.11 bits per heavy atom. The average molecular weight is 244 g/mol. The number of hydrogen-bond acceptors (Lipinski definition) is 1. The Labute approximate surface area is 102 Å². The summed E-state index contributed by atoms with van der Waals surface area (Å²) >= 11 is 0. The Morgan fingerprint density at radius 3 is 2.78 bits per heavy atom. The minimum atomic E-state index is -0.345. The summed E-state index contributed by atoms with van der Waals surface area (Å²) in [4.78, 5) is 7.19. The largest absolute Gasteiger partial charge is 0.338 e. The van der Waals surface area contributed by atoms with E-state index in [9.17, 15) is 8.78 Å². The Bertz CT molecular complexity index is 732. The molecule has 18 heavy (non-hydrogen) atoms. The molecule has 0 spiro atoms. The summed E-state index contributed by atoms with van der Waals surface area (Å²) in [5, 5.41) is 0. The number of rotatable bonds is 1. The van der Waals surface area contributed by atoms with Crippen LogP contribution in [0.25, 0.3) is 22.4 Å². The van der Waals surface area contributed by atoms with E-state index in [-0.39, 0.29) is 11.6 Å². The maximum Gasteiger partial charge on any atom is 0.141 e. The number of nitrogens with zero attached hydrogens (tertiary/aromatic N) is 1. The van der Waals surface area contributed by atoms with Gasteiger partial charge < -0.3 is 4.98 Å². The van der Waals surface area contributed by atoms with Gasteiger partial charge in [-0.2, -0.15) is 0 Å². The molecule has 0 unspecified atom stereocenters. The van der Waals surface area contributed by atoms with Gasteiger partial charge >= 0.3 is 0 Å². The third-order valence-corrected chi connectivity index (χ3v) is 2.89. The molecule has 0 amide bonds. The average Bonchev–Trinajstić information content (AvgIpc) is 2.75. The number of aryl methyl sites for hydroxylation is 1. The van der Waals surface area contributed by atoms with Crippen LogP contribution in [0.15, 0.2) is 36.4 Å². The summed E-state index contributed by atoms with van der Waals surface area (Å²) in [6, 6.07) is 9.36. The molecule has 0 saturated heterocycles. The first-order valence-corrected chi connectivity index (χ1v) is 5.56. The van der Waals surface area contributed by atoms with Gasteiger partial charge in [-0.25, -0.2) is 13.8 Å². The van der Waals surface area contributed by atoms with Gasteiger partial charge in [0.15, 0.2) is 0 Å². The fourth-order valence-corrected chi connectivity index (χ4v) is 1.94. The van der Waals surface area contributed by atoms with E-state index in [4.69, 9.17) is 0 Å². The number of aromatic nitrogens is 2. The van der Waals surface area contributed by atoms with Crippen molar-refractivity contribution in [2.45, 2.75) is 6.92 Å². The summed E-state index contributed by atoms with van der Waals surface area (Å²) in [6.07, 6.45) is 0. The molecular formula is C14H10F2N2. The van der Waals surface area contributed by atoms with Crippen molar-refractivity contribution in [3.8, 4) is 11.4 Å². The number of fused-ring (bicyclic) bond motifs is 1. The van der Waals surface area contributed by atoms with Gasteiger partial charge in [0.05, 0.1) is 16.6 Å². The minimum absolute atomic E-state index is 0.308. The number of imidazole rings is 1. The topological polar surface area (TPSA) is 28.7 Å². The fourth-order valence-electron chi connectivity index (χ4n) is 1.94. The Balaban J connectivity index is 2.22. The molecule has 1 heterocycles. The second kappa shape index (κ2) is 3.91. The van der Waals surface area contributed by atoms with Crippen LogP contribution in [0.2, 0.25) is 0 Å². The normalized spacial score (nSPS) is 11.1. The lowest BCUT2D eigenvalue weighted by Crippen LogP contribution is -1.89.